The Kier molecular flexibility index (Phi) is 7.03. The molecule has 0 N–H and O–H groups in total. The number of benzene rings is 1. The lowest BCUT2D eigenvalue weighted by Gasteiger charge is -2.01. The van der Waals surface area contributed by atoms with Crippen LogP contribution in [0.2, 0.25) is 0 Å². The van der Waals surface area contributed by atoms with E-state index >= 15 is 0 Å². The average molecular weight is 219 g/mol. The number of halogens is 1. The van der Waals surface area contributed by atoms with Crippen LogP contribution < -0.4 is 10.0 Å². The number of ether oxygens (including phenoxy) is 1. The van der Waals surface area contributed by atoms with Crippen LogP contribution in [0.1, 0.15) is 13.3 Å². The van der Waals surface area contributed by atoms with Gasteiger partial charge in [0.2, 0.25) is 0 Å². The van der Waals surface area contributed by atoms with Gasteiger partial charge in [0, 0.05) is 0 Å². The lowest BCUT2D eigenvalue weighted by molar-refractivity contribution is 0.415. The Labute approximate surface area is 88.1 Å². The summed E-state index contributed by atoms with van der Waals surface area (Å²) < 4.78 is 5.08. The first kappa shape index (κ1) is 12.7. The number of hydrogen-bond acceptors (Lipinski definition) is 1. The molecule has 0 bridgehead atoms. The zero-order valence-corrected chi connectivity index (χ0v) is 9.86. The van der Waals surface area contributed by atoms with Gasteiger partial charge in [0.05, 0.1) is 7.11 Å². The molecule has 0 saturated carbocycles. The zero-order chi connectivity index (χ0) is 8.81. The molecule has 1 rings (SSSR count). The fourth-order valence-corrected chi connectivity index (χ4v) is 1.92. The third-order valence-electron chi connectivity index (χ3n) is 1.67. The summed E-state index contributed by atoms with van der Waals surface area (Å²) in [6, 6.07) is 8.34. The molecule has 1 atom stereocenters. The Hall–Kier alpha value is -0.260. The van der Waals surface area contributed by atoms with Crippen molar-refractivity contribution in [2.45, 2.75) is 13.3 Å². The molecule has 74 valence electrons. The molecule has 1 aromatic carbocycles. The molecule has 1 nitrogen and oxygen atoms in total. The van der Waals surface area contributed by atoms with Gasteiger partial charge in [-0.2, -0.15) is 0 Å². The molecule has 0 aliphatic heterocycles. The molecular formula is C10H16ClOP. The summed E-state index contributed by atoms with van der Waals surface area (Å²) in [7, 11) is 2.64. The van der Waals surface area contributed by atoms with Gasteiger partial charge in [0.15, 0.2) is 0 Å². The van der Waals surface area contributed by atoms with E-state index in [9.17, 15) is 0 Å². The third kappa shape index (κ3) is 4.50. The van der Waals surface area contributed by atoms with E-state index in [0.29, 0.717) is 0 Å². The Balaban J connectivity index is 0.00000144. The highest BCUT2D eigenvalue weighted by Gasteiger charge is 1.92. The largest absolute Gasteiger partial charge is 0.497 e. The topological polar surface area (TPSA) is 9.23 Å². The van der Waals surface area contributed by atoms with E-state index in [2.05, 4.69) is 19.1 Å². The van der Waals surface area contributed by atoms with Crippen LogP contribution in [0.15, 0.2) is 24.3 Å². The fourth-order valence-electron chi connectivity index (χ4n) is 0.978. The maximum Gasteiger partial charge on any atom is 0.118 e. The second-order valence-electron chi connectivity index (χ2n) is 2.66. The predicted octanol–water partition coefficient (Wildman–Crippen LogP) is 2.83. The smallest absolute Gasteiger partial charge is 0.118 e. The van der Waals surface area contributed by atoms with Crippen molar-refractivity contribution >= 4 is 26.3 Å². The van der Waals surface area contributed by atoms with Gasteiger partial charge < -0.3 is 4.74 Å². The summed E-state index contributed by atoms with van der Waals surface area (Å²) in [6.45, 7) is 2.22. The molecule has 3 heteroatoms. The van der Waals surface area contributed by atoms with E-state index in [1.807, 2.05) is 12.1 Å². The zero-order valence-electron chi connectivity index (χ0n) is 8.04. The van der Waals surface area contributed by atoms with Gasteiger partial charge in [-0.1, -0.05) is 34.1 Å². The molecular weight excluding hydrogens is 203 g/mol. The molecule has 0 heterocycles. The second kappa shape index (κ2) is 7.17. The van der Waals surface area contributed by atoms with Gasteiger partial charge in [-0.25, -0.2) is 0 Å². The minimum atomic E-state index is 0. The van der Waals surface area contributed by atoms with E-state index in [4.69, 9.17) is 4.74 Å². The normalized spacial score (nSPS) is 10.0. The minimum absolute atomic E-state index is 0. The molecule has 0 saturated heterocycles. The van der Waals surface area contributed by atoms with Crippen molar-refractivity contribution in [1.82, 2.24) is 0 Å². The van der Waals surface area contributed by atoms with Gasteiger partial charge in [-0.3, -0.25) is 0 Å². The summed E-state index contributed by atoms with van der Waals surface area (Å²) in [5.74, 6) is 0.944. The molecule has 0 spiro atoms. The first-order chi connectivity index (χ1) is 5.86. The predicted molar refractivity (Wildman–Crippen MR) is 63.3 cm³/mol. The number of methoxy groups -OCH3 is 1. The fraction of sp³-hybridized carbons (Fsp3) is 0.400. The van der Waals surface area contributed by atoms with Crippen molar-refractivity contribution in [2.75, 3.05) is 13.3 Å². The van der Waals surface area contributed by atoms with Crippen LogP contribution in [-0.4, -0.2) is 13.3 Å². The molecule has 0 fully saturated rings. The van der Waals surface area contributed by atoms with E-state index in [-0.39, 0.29) is 12.4 Å². The second-order valence-corrected chi connectivity index (χ2v) is 4.09. The Morgan fingerprint density at radius 2 is 1.85 bits per heavy atom. The maximum atomic E-state index is 5.08. The van der Waals surface area contributed by atoms with Crippen LogP contribution in [0, 0.1) is 0 Å². The summed E-state index contributed by atoms with van der Waals surface area (Å²) in [5.41, 5.74) is 0. The molecule has 0 aliphatic carbocycles. The lowest BCUT2D eigenvalue weighted by atomic mass is 10.3. The Bertz CT molecular complexity index is 223. The Morgan fingerprint density at radius 3 is 2.31 bits per heavy atom. The van der Waals surface area contributed by atoms with Gasteiger partial charge in [0.25, 0.3) is 0 Å². The van der Waals surface area contributed by atoms with Crippen LogP contribution >= 0.6 is 21.0 Å². The van der Waals surface area contributed by atoms with Crippen molar-refractivity contribution in [3.63, 3.8) is 0 Å². The van der Waals surface area contributed by atoms with E-state index in [1.54, 1.807) is 7.11 Å². The van der Waals surface area contributed by atoms with Crippen molar-refractivity contribution in [2.24, 2.45) is 0 Å². The molecule has 0 amide bonds. The van der Waals surface area contributed by atoms with Crippen LogP contribution in [0.25, 0.3) is 0 Å². The highest BCUT2D eigenvalue weighted by Crippen LogP contribution is 2.14. The monoisotopic (exact) mass is 218 g/mol. The SMILES string of the molecule is CCCPc1ccc(OC)cc1.Cl. The van der Waals surface area contributed by atoms with Crippen molar-refractivity contribution < 1.29 is 4.74 Å². The molecule has 0 radical (unpaired) electrons. The van der Waals surface area contributed by atoms with E-state index < -0.39 is 0 Å². The first-order valence-electron chi connectivity index (χ1n) is 4.24. The maximum absolute atomic E-state index is 5.08. The van der Waals surface area contributed by atoms with Gasteiger partial charge in [-0.15, -0.1) is 12.4 Å². The molecule has 1 unspecified atom stereocenters. The molecule has 0 aliphatic rings. The van der Waals surface area contributed by atoms with Gasteiger partial charge in [0.1, 0.15) is 5.75 Å². The summed E-state index contributed by atoms with van der Waals surface area (Å²) in [5, 5.41) is 1.43. The molecule has 1 aromatic rings. The quantitative estimate of drug-likeness (QED) is 0.707. The van der Waals surface area contributed by atoms with E-state index in [0.717, 1.165) is 14.3 Å². The van der Waals surface area contributed by atoms with Crippen molar-refractivity contribution in [3.05, 3.63) is 24.3 Å². The van der Waals surface area contributed by atoms with Gasteiger partial charge >= 0.3 is 0 Å². The Morgan fingerprint density at radius 1 is 1.23 bits per heavy atom. The average Bonchev–Trinajstić information content (AvgIpc) is 2.15. The third-order valence-corrected chi connectivity index (χ3v) is 3.16. The summed E-state index contributed by atoms with van der Waals surface area (Å²) in [4.78, 5) is 0. The number of hydrogen-bond donors (Lipinski definition) is 0. The summed E-state index contributed by atoms with van der Waals surface area (Å²) in [6.07, 6.45) is 2.57. The number of rotatable bonds is 4. The van der Waals surface area contributed by atoms with Crippen molar-refractivity contribution in [3.8, 4) is 5.75 Å². The van der Waals surface area contributed by atoms with Crippen LogP contribution in [0.5, 0.6) is 5.75 Å². The minimum Gasteiger partial charge on any atom is -0.497 e. The standard InChI is InChI=1S/C10H15OP.ClH/c1-3-8-12-10-6-4-9(11-2)5-7-10;/h4-7,12H,3,8H2,1-2H3;1H. The van der Waals surface area contributed by atoms with E-state index in [1.165, 1.54) is 17.9 Å². The molecule has 13 heavy (non-hydrogen) atoms. The lowest BCUT2D eigenvalue weighted by Crippen LogP contribution is -1.94. The highest BCUT2D eigenvalue weighted by molar-refractivity contribution is 7.47. The molecule has 0 aromatic heterocycles. The van der Waals surface area contributed by atoms with Crippen LogP contribution in [0.3, 0.4) is 0 Å². The van der Waals surface area contributed by atoms with Gasteiger partial charge in [-0.05, 0) is 23.6 Å². The van der Waals surface area contributed by atoms with Crippen LogP contribution in [0.4, 0.5) is 0 Å². The first-order valence-corrected chi connectivity index (χ1v) is 5.45. The van der Waals surface area contributed by atoms with Crippen LogP contribution in [-0.2, 0) is 0 Å². The highest BCUT2D eigenvalue weighted by atomic mass is 35.5. The summed E-state index contributed by atoms with van der Waals surface area (Å²) >= 11 is 0. The van der Waals surface area contributed by atoms with Crippen molar-refractivity contribution in [1.29, 1.82) is 0 Å².